The Morgan fingerprint density at radius 2 is 2.42 bits per heavy atom. The third-order valence-corrected chi connectivity index (χ3v) is 1.78. The number of aryl methyl sites for hydroxylation is 1. The van der Waals surface area contributed by atoms with Gasteiger partial charge >= 0.3 is 0 Å². The van der Waals surface area contributed by atoms with E-state index in [9.17, 15) is 4.79 Å². The van der Waals surface area contributed by atoms with Gasteiger partial charge in [-0.15, -0.1) is 0 Å². The molecule has 66 valence electrons. The lowest BCUT2D eigenvalue weighted by atomic mass is 10.2. The number of furan rings is 1. The maximum atomic E-state index is 10.2. The van der Waals surface area contributed by atoms with Gasteiger partial charge in [-0.05, 0) is 25.5 Å². The first-order valence-corrected chi connectivity index (χ1v) is 4.04. The van der Waals surface area contributed by atoms with E-state index in [2.05, 4.69) is 5.32 Å². The lowest BCUT2D eigenvalue weighted by molar-refractivity contribution is -0.110. The van der Waals surface area contributed by atoms with Gasteiger partial charge in [0, 0.05) is 0 Å². The molecule has 12 heavy (non-hydrogen) atoms. The summed E-state index contributed by atoms with van der Waals surface area (Å²) in [6.45, 7) is 3.89. The zero-order valence-electron chi connectivity index (χ0n) is 7.33. The molecule has 0 aliphatic heterocycles. The van der Waals surface area contributed by atoms with E-state index in [0.717, 1.165) is 17.9 Å². The van der Waals surface area contributed by atoms with Crippen molar-refractivity contribution in [1.29, 1.82) is 0 Å². The van der Waals surface area contributed by atoms with Crippen LogP contribution < -0.4 is 5.32 Å². The third-order valence-electron chi connectivity index (χ3n) is 1.78. The summed E-state index contributed by atoms with van der Waals surface area (Å²) in [5, 5.41) is 2.69. The molecule has 1 heterocycles. The average molecular weight is 167 g/mol. The topological polar surface area (TPSA) is 42.2 Å². The number of carbonyl (C=O) groups is 1. The van der Waals surface area contributed by atoms with E-state index in [1.54, 1.807) is 0 Å². The Morgan fingerprint density at radius 3 is 2.83 bits per heavy atom. The van der Waals surface area contributed by atoms with Gasteiger partial charge in [-0.2, -0.15) is 0 Å². The van der Waals surface area contributed by atoms with E-state index in [4.69, 9.17) is 4.42 Å². The Hall–Kier alpha value is -1.25. The van der Waals surface area contributed by atoms with Crippen LogP contribution in [0.15, 0.2) is 16.5 Å². The molecule has 0 fully saturated rings. The van der Waals surface area contributed by atoms with Crippen LogP contribution in [0.3, 0.4) is 0 Å². The number of amides is 1. The molecule has 0 aromatic carbocycles. The SMILES string of the molecule is CCC(NC=O)c1ccc(C)o1. The predicted molar refractivity (Wildman–Crippen MR) is 45.7 cm³/mol. The van der Waals surface area contributed by atoms with Crippen LogP contribution in [-0.2, 0) is 4.79 Å². The van der Waals surface area contributed by atoms with Gasteiger partial charge < -0.3 is 9.73 Å². The minimum atomic E-state index is 0.0104. The minimum absolute atomic E-state index is 0.0104. The van der Waals surface area contributed by atoms with Gasteiger partial charge in [0.05, 0.1) is 6.04 Å². The quantitative estimate of drug-likeness (QED) is 0.694. The normalized spacial score (nSPS) is 12.5. The van der Waals surface area contributed by atoms with Gasteiger partial charge in [0.1, 0.15) is 11.5 Å². The summed E-state index contributed by atoms with van der Waals surface area (Å²) in [5.74, 6) is 1.69. The Bertz CT molecular complexity index is 255. The van der Waals surface area contributed by atoms with E-state index in [1.807, 2.05) is 26.0 Å². The molecule has 3 heteroatoms. The predicted octanol–water partition coefficient (Wildman–Crippen LogP) is 1.79. The molecule has 0 bridgehead atoms. The van der Waals surface area contributed by atoms with Crippen LogP contribution in [0.2, 0.25) is 0 Å². The van der Waals surface area contributed by atoms with Crippen LogP contribution in [0, 0.1) is 6.92 Å². The smallest absolute Gasteiger partial charge is 0.207 e. The van der Waals surface area contributed by atoms with Crippen LogP contribution in [0.1, 0.15) is 30.9 Å². The van der Waals surface area contributed by atoms with Crippen molar-refractivity contribution in [3.05, 3.63) is 23.7 Å². The molecular formula is C9H13NO2. The van der Waals surface area contributed by atoms with Gasteiger partial charge in [-0.25, -0.2) is 0 Å². The fourth-order valence-electron chi connectivity index (χ4n) is 1.12. The van der Waals surface area contributed by atoms with Crippen molar-refractivity contribution in [2.75, 3.05) is 0 Å². The second-order valence-electron chi connectivity index (χ2n) is 2.69. The molecule has 0 aliphatic carbocycles. The van der Waals surface area contributed by atoms with Crippen LogP contribution in [-0.4, -0.2) is 6.41 Å². The zero-order chi connectivity index (χ0) is 8.97. The Balaban J connectivity index is 2.72. The van der Waals surface area contributed by atoms with Crippen molar-refractivity contribution in [3.8, 4) is 0 Å². The molecule has 1 rings (SSSR count). The van der Waals surface area contributed by atoms with Crippen molar-refractivity contribution in [2.24, 2.45) is 0 Å². The summed E-state index contributed by atoms with van der Waals surface area (Å²) in [4.78, 5) is 10.2. The van der Waals surface area contributed by atoms with Gasteiger partial charge in [0.25, 0.3) is 0 Å². The Labute approximate surface area is 71.8 Å². The highest BCUT2D eigenvalue weighted by Crippen LogP contribution is 2.18. The summed E-state index contributed by atoms with van der Waals surface area (Å²) < 4.78 is 5.37. The number of nitrogens with one attached hydrogen (secondary N) is 1. The van der Waals surface area contributed by atoms with E-state index < -0.39 is 0 Å². The highest BCUT2D eigenvalue weighted by molar-refractivity contribution is 5.47. The van der Waals surface area contributed by atoms with Gasteiger partial charge in [0.2, 0.25) is 6.41 Å². The Kier molecular flexibility index (Phi) is 2.91. The van der Waals surface area contributed by atoms with Gasteiger partial charge in [-0.1, -0.05) is 6.92 Å². The molecule has 1 amide bonds. The highest BCUT2D eigenvalue weighted by Gasteiger charge is 2.10. The first-order chi connectivity index (χ1) is 5.77. The molecule has 1 unspecified atom stereocenters. The maximum absolute atomic E-state index is 10.2. The fraction of sp³-hybridized carbons (Fsp3) is 0.444. The number of hydrogen-bond donors (Lipinski definition) is 1. The van der Waals surface area contributed by atoms with E-state index in [-0.39, 0.29) is 6.04 Å². The lowest BCUT2D eigenvalue weighted by Crippen LogP contribution is -2.17. The molecule has 0 saturated heterocycles. The lowest BCUT2D eigenvalue weighted by Gasteiger charge is -2.09. The molecular weight excluding hydrogens is 154 g/mol. The van der Waals surface area contributed by atoms with Crippen molar-refractivity contribution < 1.29 is 9.21 Å². The highest BCUT2D eigenvalue weighted by atomic mass is 16.3. The maximum Gasteiger partial charge on any atom is 0.207 e. The first-order valence-electron chi connectivity index (χ1n) is 4.04. The van der Waals surface area contributed by atoms with Crippen molar-refractivity contribution in [1.82, 2.24) is 5.32 Å². The molecule has 1 atom stereocenters. The molecule has 0 spiro atoms. The molecule has 0 saturated carbocycles. The summed E-state index contributed by atoms with van der Waals surface area (Å²) in [7, 11) is 0. The second-order valence-corrected chi connectivity index (χ2v) is 2.69. The summed E-state index contributed by atoms with van der Waals surface area (Å²) in [5.41, 5.74) is 0. The molecule has 1 aromatic heterocycles. The summed E-state index contributed by atoms with van der Waals surface area (Å²) in [6.07, 6.45) is 1.54. The number of hydrogen-bond acceptors (Lipinski definition) is 2. The van der Waals surface area contributed by atoms with Crippen molar-refractivity contribution in [2.45, 2.75) is 26.3 Å². The summed E-state index contributed by atoms with van der Waals surface area (Å²) in [6, 6.07) is 3.79. The zero-order valence-corrected chi connectivity index (χ0v) is 7.33. The molecule has 1 N–H and O–H groups in total. The molecule has 1 aromatic rings. The van der Waals surface area contributed by atoms with Crippen molar-refractivity contribution in [3.63, 3.8) is 0 Å². The van der Waals surface area contributed by atoms with Gasteiger partial charge in [0.15, 0.2) is 0 Å². The minimum Gasteiger partial charge on any atom is -0.464 e. The Morgan fingerprint density at radius 1 is 1.67 bits per heavy atom. The summed E-state index contributed by atoms with van der Waals surface area (Å²) >= 11 is 0. The van der Waals surface area contributed by atoms with Crippen molar-refractivity contribution >= 4 is 6.41 Å². The number of carbonyl (C=O) groups excluding carboxylic acids is 1. The second kappa shape index (κ2) is 3.95. The van der Waals surface area contributed by atoms with E-state index >= 15 is 0 Å². The standard InChI is InChI=1S/C9H13NO2/c1-3-8(10-6-11)9-5-4-7(2)12-9/h4-6,8H,3H2,1-2H3,(H,10,11). The van der Waals surface area contributed by atoms with Crippen LogP contribution in [0.5, 0.6) is 0 Å². The van der Waals surface area contributed by atoms with E-state index in [1.165, 1.54) is 0 Å². The molecule has 3 nitrogen and oxygen atoms in total. The molecule has 0 radical (unpaired) electrons. The van der Waals surface area contributed by atoms with E-state index in [0.29, 0.717) is 6.41 Å². The van der Waals surface area contributed by atoms with Gasteiger partial charge in [-0.3, -0.25) is 4.79 Å². The third kappa shape index (κ3) is 1.87. The van der Waals surface area contributed by atoms with Crippen LogP contribution in [0.4, 0.5) is 0 Å². The fourth-order valence-corrected chi connectivity index (χ4v) is 1.12. The average Bonchev–Trinajstić information content (AvgIpc) is 2.47. The van der Waals surface area contributed by atoms with Crippen LogP contribution >= 0.6 is 0 Å². The monoisotopic (exact) mass is 167 g/mol. The number of rotatable bonds is 4. The largest absolute Gasteiger partial charge is 0.464 e. The van der Waals surface area contributed by atoms with Crippen LogP contribution in [0.25, 0.3) is 0 Å². The first kappa shape index (κ1) is 8.84. The molecule has 0 aliphatic rings.